The van der Waals surface area contributed by atoms with Gasteiger partial charge in [0.05, 0.1) is 5.92 Å². The number of amides is 1. The Morgan fingerprint density at radius 3 is 2.39 bits per heavy atom. The average molecular weight is 257 g/mol. The van der Waals surface area contributed by atoms with Crippen LogP contribution >= 0.6 is 0 Å². The second kappa shape index (κ2) is 5.59. The molecular formula is C13H23NO4. The molecule has 0 aromatic heterocycles. The Labute approximate surface area is 108 Å². The Hall–Kier alpha value is -1.26. The molecule has 0 bridgehead atoms. The van der Waals surface area contributed by atoms with Gasteiger partial charge in [-0.1, -0.05) is 6.92 Å². The monoisotopic (exact) mass is 257 g/mol. The van der Waals surface area contributed by atoms with Gasteiger partial charge in [-0.2, -0.15) is 0 Å². The lowest BCUT2D eigenvalue weighted by atomic mass is 9.79. The molecule has 1 aliphatic rings. The molecule has 0 spiro atoms. The van der Waals surface area contributed by atoms with E-state index < -0.39 is 17.7 Å². The molecular weight excluding hydrogens is 234 g/mol. The first-order valence-electron chi connectivity index (χ1n) is 6.41. The molecule has 1 aliphatic carbocycles. The Bertz CT molecular complexity index is 321. The predicted octanol–water partition coefficient (Wildman–Crippen LogP) is 2.40. The van der Waals surface area contributed by atoms with Crippen LogP contribution in [0.5, 0.6) is 0 Å². The van der Waals surface area contributed by atoms with Crippen molar-refractivity contribution in [3.8, 4) is 0 Å². The molecule has 1 rings (SSSR count). The molecule has 1 amide bonds. The third-order valence-corrected chi connectivity index (χ3v) is 3.25. The van der Waals surface area contributed by atoms with Crippen molar-refractivity contribution in [3.63, 3.8) is 0 Å². The van der Waals surface area contributed by atoms with Crippen LogP contribution in [0.2, 0.25) is 0 Å². The van der Waals surface area contributed by atoms with Crippen molar-refractivity contribution in [3.05, 3.63) is 0 Å². The van der Waals surface area contributed by atoms with Crippen molar-refractivity contribution in [2.45, 2.75) is 58.6 Å². The van der Waals surface area contributed by atoms with Crippen molar-refractivity contribution in [1.82, 2.24) is 5.32 Å². The van der Waals surface area contributed by atoms with E-state index in [1.54, 1.807) is 20.8 Å². The van der Waals surface area contributed by atoms with Gasteiger partial charge in [0.15, 0.2) is 0 Å². The van der Waals surface area contributed by atoms with Gasteiger partial charge in [-0.3, -0.25) is 4.79 Å². The predicted molar refractivity (Wildman–Crippen MR) is 67.3 cm³/mol. The number of carbonyl (C=O) groups excluding carboxylic acids is 1. The zero-order valence-electron chi connectivity index (χ0n) is 11.5. The van der Waals surface area contributed by atoms with Crippen LogP contribution in [-0.2, 0) is 9.53 Å². The van der Waals surface area contributed by atoms with E-state index in [9.17, 15) is 9.59 Å². The van der Waals surface area contributed by atoms with Gasteiger partial charge < -0.3 is 15.2 Å². The van der Waals surface area contributed by atoms with Crippen molar-refractivity contribution < 1.29 is 19.4 Å². The van der Waals surface area contributed by atoms with E-state index in [0.29, 0.717) is 12.8 Å². The fraction of sp³-hybridized carbons (Fsp3) is 0.846. The minimum Gasteiger partial charge on any atom is -0.481 e. The van der Waals surface area contributed by atoms with Crippen molar-refractivity contribution in [2.24, 2.45) is 11.8 Å². The second-order valence-electron chi connectivity index (χ2n) is 6.08. The fourth-order valence-electron chi connectivity index (χ4n) is 2.21. The summed E-state index contributed by atoms with van der Waals surface area (Å²) in [6.45, 7) is 7.44. The summed E-state index contributed by atoms with van der Waals surface area (Å²) in [4.78, 5) is 22.6. The van der Waals surface area contributed by atoms with Crippen LogP contribution in [0.3, 0.4) is 0 Å². The van der Waals surface area contributed by atoms with Crippen LogP contribution in [0, 0.1) is 11.8 Å². The van der Waals surface area contributed by atoms with Gasteiger partial charge in [-0.15, -0.1) is 0 Å². The molecule has 104 valence electrons. The highest BCUT2D eigenvalue weighted by molar-refractivity contribution is 5.71. The third-order valence-electron chi connectivity index (χ3n) is 3.25. The van der Waals surface area contributed by atoms with Crippen LogP contribution in [0.1, 0.15) is 47.0 Å². The molecule has 0 aliphatic heterocycles. The highest BCUT2D eigenvalue weighted by Gasteiger charge is 2.33. The van der Waals surface area contributed by atoms with Gasteiger partial charge in [0.2, 0.25) is 0 Å². The van der Waals surface area contributed by atoms with Crippen molar-refractivity contribution >= 4 is 12.1 Å². The zero-order valence-corrected chi connectivity index (χ0v) is 11.5. The number of hydrogen-bond acceptors (Lipinski definition) is 3. The highest BCUT2D eigenvalue weighted by Crippen LogP contribution is 2.29. The van der Waals surface area contributed by atoms with Crippen molar-refractivity contribution in [2.75, 3.05) is 0 Å². The molecule has 2 N–H and O–H groups in total. The number of alkyl carbamates (subject to hydrolysis) is 1. The second-order valence-corrected chi connectivity index (χ2v) is 6.08. The number of carbonyl (C=O) groups is 2. The molecule has 18 heavy (non-hydrogen) atoms. The Balaban J connectivity index is 2.53. The van der Waals surface area contributed by atoms with Crippen LogP contribution in [0.25, 0.3) is 0 Å². The number of rotatable bonds is 2. The molecule has 1 saturated carbocycles. The fourth-order valence-corrected chi connectivity index (χ4v) is 2.21. The lowest BCUT2D eigenvalue weighted by Crippen LogP contribution is -2.46. The van der Waals surface area contributed by atoms with Crippen LogP contribution in [0.15, 0.2) is 0 Å². The maximum atomic E-state index is 11.7. The van der Waals surface area contributed by atoms with Crippen LogP contribution in [0.4, 0.5) is 4.79 Å². The minimum atomic E-state index is -0.780. The summed E-state index contributed by atoms with van der Waals surface area (Å²) in [5.74, 6) is -0.854. The Kier molecular flexibility index (Phi) is 4.59. The highest BCUT2D eigenvalue weighted by atomic mass is 16.6. The molecule has 0 radical (unpaired) electrons. The summed E-state index contributed by atoms with van der Waals surface area (Å²) in [6.07, 6.45) is 1.52. The lowest BCUT2D eigenvalue weighted by molar-refractivity contribution is -0.143. The summed E-state index contributed by atoms with van der Waals surface area (Å²) in [6, 6.07) is -0.116. The molecule has 0 saturated heterocycles. The van der Waals surface area contributed by atoms with E-state index in [0.717, 1.165) is 6.42 Å². The number of ether oxygens (including phenoxy) is 1. The van der Waals surface area contributed by atoms with Gasteiger partial charge in [0, 0.05) is 6.04 Å². The van der Waals surface area contributed by atoms with Crippen LogP contribution in [-0.4, -0.2) is 28.8 Å². The van der Waals surface area contributed by atoms with Gasteiger partial charge in [-0.25, -0.2) is 4.79 Å². The standard InChI is InChI=1S/C13H23NO4/c1-8-5-6-9(11(15)16)7-10(8)14-12(17)18-13(2,3)4/h8-10H,5-7H2,1-4H3,(H,14,17)(H,15,16). The number of aliphatic carboxylic acids is 1. The van der Waals surface area contributed by atoms with Gasteiger partial charge in [0.1, 0.15) is 5.60 Å². The number of carboxylic acids is 1. The van der Waals surface area contributed by atoms with Crippen LogP contribution < -0.4 is 5.32 Å². The third kappa shape index (κ3) is 4.55. The smallest absolute Gasteiger partial charge is 0.407 e. The summed E-state index contributed by atoms with van der Waals surface area (Å²) >= 11 is 0. The first-order chi connectivity index (χ1) is 8.19. The first-order valence-corrected chi connectivity index (χ1v) is 6.41. The van der Waals surface area contributed by atoms with Gasteiger partial charge >= 0.3 is 12.1 Å². The Morgan fingerprint density at radius 2 is 1.89 bits per heavy atom. The SMILES string of the molecule is CC1CCC(C(=O)O)CC1NC(=O)OC(C)(C)C. The normalized spacial score (nSPS) is 28.6. The maximum Gasteiger partial charge on any atom is 0.407 e. The molecule has 5 nitrogen and oxygen atoms in total. The summed E-state index contributed by atoms with van der Waals surface area (Å²) in [5.41, 5.74) is -0.534. The minimum absolute atomic E-state index is 0.116. The zero-order chi connectivity index (χ0) is 13.9. The molecule has 0 aromatic carbocycles. The molecule has 0 aromatic rings. The largest absolute Gasteiger partial charge is 0.481 e. The van der Waals surface area contributed by atoms with E-state index in [1.165, 1.54) is 0 Å². The maximum absolute atomic E-state index is 11.7. The lowest BCUT2D eigenvalue weighted by Gasteiger charge is -2.33. The molecule has 3 atom stereocenters. The van der Waals surface area contributed by atoms with Crippen molar-refractivity contribution in [1.29, 1.82) is 0 Å². The summed E-state index contributed by atoms with van der Waals surface area (Å²) < 4.78 is 5.19. The molecule has 1 fully saturated rings. The average Bonchev–Trinajstić information content (AvgIpc) is 2.18. The first kappa shape index (κ1) is 14.8. The number of nitrogens with one attached hydrogen (secondary N) is 1. The summed E-state index contributed by atoms with van der Waals surface area (Å²) in [5, 5.41) is 11.8. The van der Waals surface area contributed by atoms with Gasteiger partial charge in [0.25, 0.3) is 0 Å². The topological polar surface area (TPSA) is 75.6 Å². The van der Waals surface area contributed by atoms with E-state index in [1.807, 2.05) is 6.92 Å². The summed E-state index contributed by atoms with van der Waals surface area (Å²) in [7, 11) is 0. The molecule has 3 unspecified atom stereocenters. The number of carboxylic acid groups (broad SMARTS) is 1. The van der Waals surface area contributed by atoms with Gasteiger partial charge in [-0.05, 0) is 46.0 Å². The Morgan fingerprint density at radius 1 is 1.28 bits per heavy atom. The number of hydrogen-bond donors (Lipinski definition) is 2. The van der Waals surface area contributed by atoms with E-state index in [2.05, 4.69) is 5.32 Å². The van der Waals surface area contributed by atoms with E-state index in [-0.39, 0.29) is 17.9 Å². The molecule has 5 heteroatoms. The quantitative estimate of drug-likeness (QED) is 0.796. The van der Waals surface area contributed by atoms with E-state index in [4.69, 9.17) is 9.84 Å². The van der Waals surface area contributed by atoms with E-state index >= 15 is 0 Å². The molecule has 0 heterocycles.